The third kappa shape index (κ3) is 1.08. The van der Waals surface area contributed by atoms with Crippen LogP contribution >= 0.6 is 0 Å². The fraction of sp³-hybridized carbons (Fsp3) is 0.333. The highest BCUT2D eigenvalue weighted by Gasteiger charge is 2.11. The first-order chi connectivity index (χ1) is 4.74. The lowest BCUT2D eigenvalue weighted by molar-refractivity contribution is -0.394. The third-order valence-electron chi connectivity index (χ3n) is 0.834. The van der Waals surface area contributed by atoms with Crippen LogP contribution in [0.5, 0.6) is 0 Å². The van der Waals surface area contributed by atoms with Crippen molar-refractivity contribution in [2.45, 2.75) is 6.61 Å². The summed E-state index contributed by atoms with van der Waals surface area (Å²) in [7, 11) is 0. The lowest BCUT2D eigenvalue weighted by Gasteiger charge is -1.83. The Morgan fingerprint density at radius 1 is 1.80 bits per heavy atom. The van der Waals surface area contributed by atoms with E-state index >= 15 is 0 Å². The van der Waals surface area contributed by atoms with Crippen LogP contribution in [0.2, 0.25) is 0 Å². The van der Waals surface area contributed by atoms with Crippen molar-refractivity contribution in [3.05, 3.63) is 15.9 Å². The van der Waals surface area contributed by atoms with Crippen LogP contribution in [-0.4, -0.2) is 25.2 Å². The van der Waals surface area contributed by atoms with Crippen LogP contribution in [0.15, 0.2) is 0 Å². The molecule has 1 heterocycles. The van der Waals surface area contributed by atoms with E-state index in [0.717, 1.165) is 0 Å². The van der Waals surface area contributed by atoms with Gasteiger partial charge in [-0.3, -0.25) is 0 Å². The minimum absolute atomic E-state index is 0.0201. The Balaban J connectivity index is 2.88. The Labute approximate surface area is 54.9 Å². The van der Waals surface area contributed by atoms with Crippen LogP contribution in [0.1, 0.15) is 5.82 Å². The van der Waals surface area contributed by atoms with Crippen molar-refractivity contribution in [2.75, 3.05) is 0 Å². The maximum Gasteiger partial charge on any atom is 0.453 e. The molecular weight excluding hydrogens is 140 g/mol. The van der Waals surface area contributed by atoms with Gasteiger partial charge in [0, 0.05) is 0 Å². The molecule has 1 rings (SSSR count). The standard InChI is InChI=1S/C3H4N4O3/c8-1-2-4-3(6-5-2)7(9)10/h8H,1H2,(H,4,5,6). The van der Waals surface area contributed by atoms with Crippen molar-refractivity contribution in [1.82, 2.24) is 15.2 Å². The monoisotopic (exact) mass is 144 g/mol. The molecule has 0 atom stereocenters. The smallest absolute Gasteiger partial charge is 0.390 e. The molecule has 2 N–H and O–H groups in total. The number of aromatic nitrogens is 3. The number of hydrogen-bond acceptors (Lipinski definition) is 5. The van der Waals surface area contributed by atoms with Crippen LogP contribution in [0.3, 0.4) is 0 Å². The number of aliphatic hydroxyl groups is 1. The molecule has 0 bridgehead atoms. The second kappa shape index (κ2) is 2.40. The van der Waals surface area contributed by atoms with Crippen molar-refractivity contribution in [3.63, 3.8) is 0 Å². The maximum absolute atomic E-state index is 9.92. The van der Waals surface area contributed by atoms with Gasteiger partial charge in [-0.25, -0.2) is 0 Å². The summed E-state index contributed by atoms with van der Waals surface area (Å²) in [5, 5.41) is 23.6. The fourth-order valence-corrected chi connectivity index (χ4v) is 0.439. The lowest BCUT2D eigenvalue weighted by Crippen LogP contribution is -1.90. The first-order valence-electron chi connectivity index (χ1n) is 2.40. The third-order valence-corrected chi connectivity index (χ3v) is 0.834. The van der Waals surface area contributed by atoms with Crippen LogP contribution < -0.4 is 0 Å². The predicted octanol–water partition coefficient (Wildman–Crippen LogP) is -0.795. The zero-order valence-electron chi connectivity index (χ0n) is 4.81. The Bertz CT molecular complexity index is 244. The first-order valence-corrected chi connectivity index (χ1v) is 2.40. The quantitative estimate of drug-likeness (QED) is 0.417. The average Bonchev–Trinajstić information content (AvgIpc) is 2.34. The van der Waals surface area contributed by atoms with Gasteiger partial charge < -0.3 is 15.2 Å². The van der Waals surface area contributed by atoms with Crippen LogP contribution in [0, 0.1) is 10.1 Å². The molecule has 0 spiro atoms. The van der Waals surface area contributed by atoms with Gasteiger partial charge in [-0.15, -0.1) is 5.10 Å². The van der Waals surface area contributed by atoms with Gasteiger partial charge in [0.05, 0.1) is 0 Å². The predicted molar refractivity (Wildman–Crippen MR) is 29.0 cm³/mol. The summed E-state index contributed by atoms with van der Waals surface area (Å²) in [6.07, 6.45) is 0. The van der Waals surface area contributed by atoms with E-state index in [-0.39, 0.29) is 5.82 Å². The van der Waals surface area contributed by atoms with E-state index in [1.807, 2.05) is 5.10 Å². The molecule has 0 saturated carbocycles. The van der Waals surface area contributed by atoms with E-state index in [4.69, 9.17) is 5.11 Å². The molecule has 10 heavy (non-hydrogen) atoms. The maximum atomic E-state index is 9.92. The number of hydrogen-bond donors (Lipinski definition) is 2. The highest BCUT2D eigenvalue weighted by atomic mass is 16.6. The van der Waals surface area contributed by atoms with Crippen molar-refractivity contribution in [2.24, 2.45) is 0 Å². The van der Waals surface area contributed by atoms with Gasteiger partial charge in [-0.05, 0) is 9.91 Å². The van der Waals surface area contributed by atoms with E-state index in [1.165, 1.54) is 0 Å². The van der Waals surface area contributed by atoms with Gasteiger partial charge in [0.15, 0.2) is 0 Å². The van der Waals surface area contributed by atoms with Gasteiger partial charge in [0.2, 0.25) is 0 Å². The highest BCUT2D eigenvalue weighted by molar-refractivity contribution is 5.01. The summed E-state index contributed by atoms with van der Waals surface area (Å²) >= 11 is 0. The van der Waals surface area contributed by atoms with Gasteiger partial charge in [0.25, 0.3) is 5.82 Å². The second-order valence-electron chi connectivity index (χ2n) is 1.49. The SMILES string of the molecule is O=[N+]([O-])c1nc(CO)n[nH]1. The van der Waals surface area contributed by atoms with E-state index in [9.17, 15) is 10.1 Å². The molecule has 1 aromatic heterocycles. The Kier molecular flexibility index (Phi) is 1.59. The number of nitrogens with one attached hydrogen (secondary N) is 1. The topological polar surface area (TPSA) is 105 Å². The van der Waals surface area contributed by atoms with E-state index in [0.29, 0.717) is 0 Å². The normalized spacial score (nSPS) is 9.70. The average molecular weight is 144 g/mol. The molecule has 0 aliphatic rings. The van der Waals surface area contributed by atoms with Gasteiger partial charge >= 0.3 is 5.95 Å². The van der Waals surface area contributed by atoms with Crippen LogP contribution in [0.25, 0.3) is 0 Å². The van der Waals surface area contributed by atoms with Crippen molar-refractivity contribution < 1.29 is 10.0 Å². The highest BCUT2D eigenvalue weighted by Crippen LogP contribution is 1.99. The van der Waals surface area contributed by atoms with Crippen LogP contribution in [0.4, 0.5) is 5.95 Å². The number of aliphatic hydroxyl groups excluding tert-OH is 1. The second-order valence-corrected chi connectivity index (χ2v) is 1.49. The zero-order valence-corrected chi connectivity index (χ0v) is 4.81. The minimum Gasteiger partial charge on any atom is -0.390 e. The summed E-state index contributed by atoms with van der Waals surface area (Å²) < 4.78 is 0. The zero-order chi connectivity index (χ0) is 7.56. The van der Waals surface area contributed by atoms with E-state index in [2.05, 4.69) is 10.1 Å². The van der Waals surface area contributed by atoms with Gasteiger partial charge in [-0.1, -0.05) is 5.10 Å². The minimum atomic E-state index is -0.716. The molecule has 0 fully saturated rings. The molecule has 0 amide bonds. The lowest BCUT2D eigenvalue weighted by atomic mass is 10.7. The summed E-state index contributed by atoms with van der Waals surface area (Å²) in [4.78, 5) is 12.5. The molecular formula is C3H4N4O3. The molecule has 0 aromatic carbocycles. The van der Waals surface area contributed by atoms with Gasteiger partial charge in [-0.2, -0.15) is 0 Å². The van der Waals surface area contributed by atoms with Crippen molar-refractivity contribution >= 4 is 5.95 Å². The van der Waals surface area contributed by atoms with Crippen LogP contribution in [-0.2, 0) is 6.61 Å². The molecule has 0 unspecified atom stereocenters. The molecule has 0 aliphatic carbocycles. The largest absolute Gasteiger partial charge is 0.453 e. The summed E-state index contributed by atoms with van der Waals surface area (Å²) in [6, 6.07) is 0. The van der Waals surface area contributed by atoms with E-state index in [1.54, 1.807) is 0 Å². The molecule has 7 heteroatoms. The molecule has 1 aromatic rings. The van der Waals surface area contributed by atoms with E-state index < -0.39 is 17.5 Å². The Morgan fingerprint density at radius 2 is 2.50 bits per heavy atom. The number of aromatic amines is 1. The number of rotatable bonds is 2. The van der Waals surface area contributed by atoms with Crippen molar-refractivity contribution in [1.29, 1.82) is 0 Å². The number of nitro groups is 1. The number of H-pyrrole nitrogens is 1. The summed E-state index contributed by atoms with van der Waals surface area (Å²) in [5.74, 6) is -0.434. The molecule has 7 nitrogen and oxygen atoms in total. The fourth-order valence-electron chi connectivity index (χ4n) is 0.439. The summed E-state index contributed by atoms with van der Waals surface area (Å²) in [5.41, 5.74) is 0. The Hall–Kier alpha value is -1.50. The molecule has 0 saturated heterocycles. The molecule has 54 valence electrons. The van der Waals surface area contributed by atoms with Crippen molar-refractivity contribution in [3.8, 4) is 0 Å². The van der Waals surface area contributed by atoms with Gasteiger partial charge in [0.1, 0.15) is 6.61 Å². The first kappa shape index (κ1) is 6.62. The molecule has 0 aliphatic heterocycles. The summed E-state index contributed by atoms with van der Waals surface area (Å²) in [6.45, 7) is -0.398. The molecule has 0 radical (unpaired) electrons. The number of nitrogens with zero attached hydrogens (tertiary/aromatic N) is 3. The Morgan fingerprint density at radius 3 is 2.80 bits per heavy atom.